The minimum atomic E-state index is 0.490. The zero-order chi connectivity index (χ0) is 13.0. The molecule has 1 heterocycles. The summed E-state index contributed by atoms with van der Waals surface area (Å²) in [4.78, 5) is 7.21. The van der Waals surface area contributed by atoms with Crippen LogP contribution >= 0.6 is 0 Å². The van der Waals surface area contributed by atoms with Gasteiger partial charge in [0.05, 0.1) is 0 Å². The van der Waals surface area contributed by atoms with Crippen molar-refractivity contribution in [3.63, 3.8) is 0 Å². The van der Waals surface area contributed by atoms with E-state index in [0.717, 1.165) is 13.1 Å². The van der Waals surface area contributed by atoms with Crippen molar-refractivity contribution in [1.82, 2.24) is 0 Å². The molecule has 0 aromatic heterocycles. The number of benzene rings is 1. The highest BCUT2D eigenvalue weighted by Crippen LogP contribution is 2.21. The van der Waals surface area contributed by atoms with Gasteiger partial charge in [-0.05, 0) is 38.3 Å². The molecule has 0 bridgehead atoms. The lowest BCUT2D eigenvalue weighted by Gasteiger charge is -2.30. The molecule has 2 nitrogen and oxygen atoms in total. The summed E-state index contributed by atoms with van der Waals surface area (Å²) < 4.78 is 0. The Morgan fingerprint density at radius 2 is 1.78 bits per heavy atom. The van der Waals surface area contributed by atoms with Crippen molar-refractivity contribution in [2.75, 3.05) is 18.0 Å². The normalized spacial score (nSPS) is 17.3. The third kappa shape index (κ3) is 3.12. The van der Waals surface area contributed by atoms with E-state index in [0.29, 0.717) is 5.92 Å². The average Bonchev–Trinajstić information content (AvgIpc) is 2.30. The van der Waals surface area contributed by atoms with Gasteiger partial charge < -0.3 is 4.90 Å². The van der Waals surface area contributed by atoms with E-state index in [1.807, 2.05) is 0 Å². The molecule has 0 N–H and O–H groups in total. The van der Waals surface area contributed by atoms with Crippen LogP contribution in [0.2, 0.25) is 0 Å². The van der Waals surface area contributed by atoms with Gasteiger partial charge in [0.25, 0.3) is 0 Å². The van der Waals surface area contributed by atoms with Crippen LogP contribution in [0, 0.1) is 12.8 Å². The van der Waals surface area contributed by atoms with Crippen molar-refractivity contribution < 1.29 is 0 Å². The van der Waals surface area contributed by atoms with Crippen LogP contribution in [0.25, 0.3) is 0 Å². The first kappa shape index (κ1) is 13.1. The van der Waals surface area contributed by atoms with Crippen molar-refractivity contribution in [2.24, 2.45) is 10.9 Å². The predicted octanol–water partition coefficient (Wildman–Crippen LogP) is 4.04. The summed E-state index contributed by atoms with van der Waals surface area (Å²) in [7, 11) is 0. The minimum Gasteiger partial charge on any atom is -0.330 e. The molecule has 0 atom stereocenters. The number of aryl methyl sites for hydroxylation is 1. The van der Waals surface area contributed by atoms with Crippen molar-refractivity contribution >= 4 is 11.5 Å². The summed E-state index contributed by atoms with van der Waals surface area (Å²) in [6, 6.07) is 8.81. The minimum absolute atomic E-state index is 0.490. The Bertz CT molecular complexity index is 404. The highest BCUT2D eigenvalue weighted by atomic mass is 15.2. The number of anilines is 1. The molecule has 2 rings (SSSR count). The maximum absolute atomic E-state index is 4.81. The van der Waals surface area contributed by atoms with Crippen LogP contribution in [0.4, 0.5) is 5.69 Å². The first-order valence-electron chi connectivity index (χ1n) is 7.07. The fourth-order valence-electron chi connectivity index (χ4n) is 2.43. The Morgan fingerprint density at radius 3 is 2.44 bits per heavy atom. The second-order valence-corrected chi connectivity index (χ2v) is 5.44. The SMILES string of the molecule is Cc1ccc(N2CCCCCN=C2C(C)C)cc1. The van der Waals surface area contributed by atoms with Crippen LogP contribution in [0.15, 0.2) is 29.3 Å². The van der Waals surface area contributed by atoms with Gasteiger partial charge >= 0.3 is 0 Å². The van der Waals surface area contributed by atoms with Crippen molar-refractivity contribution in [1.29, 1.82) is 0 Å². The second-order valence-electron chi connectivity index (χ2n) is 5.44. The lowest BCUT2D eigenvalue weighted by molar-refractivity contribution is 0.659. The van der Waals surface area contributed by atoms with Gasteiger partial charge in [0.15, 0.2) is 0 Å². The number of nitrogens with zero attached hydrogens (tertiary/aromatic N) is 2. The molecule has 18 heavy (non-hydrogen) atoms. The Kier molecular flexibility index (Phi) is 4.40. The summed E-state index contributed by atoms with van der Waals surface area (Å²) in [5.74, 6) is 1.74. The van der Waals surface area contributed by atoms with Gasteiger partial charge in [-0.3, -0.25) is 4.99 Å². The monoisotopic (exact) mass is 244 g/mol. The van der Waals surface area contributed by atoms with Gasteiger partial charge in [-0.1, -0.05) is 31.5 Å². The van der Waals surface area contributed by atoms with E-state index in [-0.39, 0.29) is 0 Å². The third-order valence-corrected chi connectivity index (χ3v) is 3.45. The molecule has 0 saturated heterocycles. The topological polar surface area (TPSA) is 15.6 Å². The molecule has 1 aromatic rings. The molecular formula is C16H24N2. The zero-order valence-corrected chi connectivity index (χ0v) is 11.8. The Morgan fingerprint density at radius 1 is 1.06 bits per heavy atom. The van der Waals surface area contributed by atoms with E-state index in [4.69, 9.17) is 4.99 Å². The maximum atomic E-state index is 4.81. The van der Waals surface area contributed by atoms with Crippen LogP contribution in [-0.2, 0) is 0 Å². The molecule has 0 aliphatic carbocycles. The zero-order valence-electron chi connectivity index (χ0n) is 11.8. The van der Waals surface area contributed by atoms with E-state index in [9.17, 15) is 0 Å². The lowest BCUT2D eigenvalue weighted by Crippen LogP contribution is -2.36. The largest absolute Gasteiger partial charge is 0.330 e. The van der Waals surface area contributed by atoms with Gasteiger partial charge in [-0.15, -0.1) is 0 Å². The number of hydrogen-bond donors (Lipinski definition) is 0. The molecule has 0 fully saturated rings. The van der Waals surface area contributed by atoms with Crippen LogP contribution in [0.5, 0.6) is 0 Å². The number of aliphatic imine (C=N–C) groups is 1. The molecule has 0 amide bonds. The molecule has 1 aromatic carbocycles. The summed E-state index contributed by atoms with van der Waals surface area (Å²) in [6.45, 7) is 8.69. The maximum Gasteiger partial charge on any atom is 0.106 e. The van der Waals surface area contributed by atoms with Gasteiger partial charge in [-0.25, -0.2) is 0 Å². The van der Waals surface area contributed by atoms with Crippen molar-refractivity contribution in [2.45, 2.75) is 40.0 Å². The summed E-state index contributed by atoms with van der Waals surface area (Å²) in [5.41, 5.74) is 2.60. The van der Waals surface area contributed by atoms with Gasteiger partial charge in [0.1, 0.15) is 5.84 Å². The van der Waals surface area contributed by atoms with Crippen LogP contribution in [0.1, 0.15) is 38.7 Å². The molecule has 98 valence electrons. The summed E-state index contributed by atoms with van der Waals surface area (Å²) in [5, 5.41) is 0. The molecule has 1 aliphatic heterocycles. The van der Waals surface area contributed by atoms with Gasteiger partial charge in [0.2, 0.25) is 0 Å². The highest BCUT2D eigenvalue weighted by molar-refractivity contribution is 5.99. The molecule has 0 radical (unpaired) electrons. The standard InChI is InChI=1S/C16H24N2/c1-13(2)16-17-11-5-4-6-12-18(16)15-9-7-14(3)8-10-15/h7-10,13H,4-6,11-12H2,1-3H3. The van der Waals surface area contributed by atoms with E-state index >= 15 is 0 Å². The summed E-state index contributed by atoms with van der Waals surface area (Å²) in [6.07, 6.45) is 3.79. The number of rotatable bonds is 2. The van der Waals surface area contributed by atoms with E-state index < -0.39 is 0 Å². The van der Waals surface area contributed by atoms with Crippen LogP contribution in [0.3, 0.4) is 0 Å². The van der Waals surface area contributed by atoms with Gasteiger partial charge in [-0.2, -0.15) is 0 Å². The first-order valence-corrected chi connectivity index (χ1v) is 7.07. The Hall–Kier alpha value is -1.31. The molecule has 1 aliphatic rings. The number of amidine groups is 1. The van der Waals surface area contributed by atoms with Crippen LogP contribution < -0.4 is 4.90 Å². The first-order chi connectivity index (χ1) is 8.68. The molecule has 0 spiro atoms. The number of hydrogen-bond acceptors (Lipinski definition) is 2. The smallest absolute Gasteiger partial charge is 0.106 e. The fourth-order valence-corrected chi connectivity index (χ4v) is 2.43. The lowest BCUT2D eigenvalue weighted by atomic mass is 10.1. The predicted molar refractivity (Wildman–Crippen MR) is 79.5 cm³/mol. The Balaban J connectivity index is 2.30. The third-order valence-electron chi connectivity index (χ3n) is 3.45. The quantitative estimate of drug-likeness (QED) is 0.766. The van der Waals surface area contributed by atoms with E-state index in [2.05, 4.69) is 49.9 Å². The van der Waals surface area contributed by atoms with E-state index in [1.165, 1.54) is 36.3 Å². The average molecular weight is 244 g/mol. The van der Waals surface area contributed by atoms with Gasteiger partial charge in [0, 0.05) is 24.7 Å². The summed E-state index contributed by atoms with van der Waals surface area (Å²) >= 11 is 0. The molecule has 0 saturated carbocycles. The van der Waals surface area contributed by atoms with Crippen LogP contribution in [-0.4, -0.2) is 18.9 Å². The fraction of sp³-hybridized carbons (Fsp3) is 0.562. The van der Waals surface area contributed by atoms with Crippen molar-refractivity contribution in [3.05, 3.63) is 29.8 Å². The molecule has 2 heteroatoms. The van der Waals surface area contributed by atoms with Crippen molar-refractivity contribution in [3.8, 4) is 0 Å². The second kappa shape index (κ2) is 6.03. The highest BCUT2D eigenvalue weighted by Gasteiger charge is 2.17. The molecule has 0 unspecified atom stereocenters. The van der Waals surface area contributed by atoms with E-state index in [1.54, 1.807) is 0 Å². The molecular weight excluding hydrogens is 220 g/mol. The Labute approximate surface area is 111 Å².